The first-order chi connectivity index (χ1) is 25.3. The molecule has 12 nitrogen and oxygen atoms in total. The number of allylic oxidation sites excluding steroid dienone is 1. The van der Waals surface area contributed by atoms with Gasteiger partial charge in [0, 0.05) is 30.1 Å². The number of nitrogens with zero attached hydrogens (tertiary/aromatic N) is 2. The van der Waals surface area contributed by atoms with Crippen LogP contribution in [0.15, 0.2) is 67.8 Å². The molecule has 3 N–H and O–H groups in total. The summed E-state index contributed by atoms with van der Waals surface area (Å²) in [6.45, 7) is 7.47. The summed E-state index contributed by atoms with van der Waals surface area (Å²) in [4.78, 5) is 58.1. The molecule has 0 bridgehead atoms. The zero-order valence-electron chi connectivity index (χ0n) is 29.4. The zero-order chi connectivity index (χ0) is 37.9. The van der Waals surface area contributed by atoms with Crippen LogP contribution in [0.4, 0.5) is 19.3 Å². The van der Waals surface area contributed by atoms with E-state index < -0.39 is 80.4 Å². The Labute approximate surface area is 308 Å². The third-order valence-corrected chi connectivity index (χ3v) is 12.3. The van der Waals surface area contributed by atoms with Gasteiger partial charge in [0.2, 0.25) is 21.8 Å². The van der Waals surface area contributed by atoms with Crippen molar-refractivity contribution >= 4 is 39.5 Å². The Bertz CT molecular complexity index is 1870. The van der Waals surface area contributed by atoms with E-state index in [2.05, 4.69) is 28.5 Å². The van der Waals surface area contributed by atoms with Crippen LogP contribution in [0.1, 0.15) is 68.9 Å². The van der Waals surface area contributed by atoms with Crippen molar-refractivity contribution in [2.75, 3.05) is 11.9 Å². The molecule has 2 aromatic carbocycles. The van der Waals surface area contributed by atoms with Crippen molar-refractivity contribution in [3.8, 4) is 0 Å². The fraction of sp³-hybridized carbons (Fsp3) is 0.474. The molecule has 284 valence electrons. The quantitative estimate of drug-likeness (QED) is 0.165. The molecule has 6 rings (SSSR count). The van der Waals surface area contributed by atoms with Gasteiger partial charge in [-0.25, -0.2) is 22.0 Å². The molecular weight excluding hydrogens is 709 g/mol. The highest BCUT2D eigenvalue weighted by Gasteiger charge is 2.62. The molecule has 3 fully saturated rings. The monoisotopic (exact) mass is 753 g/mol. The van der Waals surface area contributed by atoms with E-state index in [0.717, 1.165) is 19.3 Å². The predicted molar refractivity (Wildman–Crippen MR) is 192 cm³/mol. The van der Waals surface area contributed by atoms with Crippen LogP contribution in [0.2, 0.25) is 0 Å². The van der Waals surface area contributed by atoms with Crippen molar-refractivity contribution in [3.63, 3.8) is 0 Å². The van der Waals surface area contributed by atoms with Gasteiger partial charge in [-0.05, 0) is 74.4 Å². The number of nitrogens with one attached hydrogen (secondary N) is 3. The highest BCUT2D eigenvalue weighted by atomic mass is 32.2. The van der Waals surface area contributed by atoms with E-state index in [-0.39, 0.29) is 32.5 Å². The minimum absolute atomic E-state index is 0.0000243. The van der Waals surface area contributed by atoms with Crippen LogP contribution in [-0.2, 0) is 42.2 Å². The number of sulfonamides is 1. The van der Waals surface area contributed by atoms with Crippen LogP contribution in [0.25, 0.3) is 0 Å². The molecule has 53 heavy (non-hydrogen) atoms. The number of ether oxygens (including phenoxy) is 1. The van der Waals surface area contributed by atoms with E-state index in [1.807, 2.05) is 6.08 Å². The molecule has 0 radical (unpaired) electrons. The maximum atomic E-state index is 14.5. The normalized spacial score (nSPS) is 23.8. The number of unbranched alkanes of at least 4 members (excludes halogenated alkanes) is 3. The first-order valence-corrected chi connectivity index (χ1v) is 19.6. The van der Waals surface area contributed by atoms with E-state index in [0.29, 0.717) is 42.5 Å². The molecule has 15 heteroatoms. The topological polar surface area (TPSA) is 154 Å². The summed E-state index contributed by atoms with van der Waals surface area (Å²) in [5.41, 5.74) is -0.0638. The minimum Gasteiger partial charge on any atom is -0.444 e. The summed E-state index contributed by atoms with van der Waals surface area (Å²) in [5, 5.41) is 5.26. The van der Waals surface area contributed by atoms with Crippen molar-refractivity contribution in [1.29, 1.82) is 0 Å². The molecule has 2 aliphatic carbocycles. The molecule has 4 aliphatic rings. The minimum atomic E-state index is -3.92. The molecule has 2 heterocycles. The van der Waals surface area contributed by atoms with E-state index in [1.54, 1.807) is 12.1 Å². The second-order valence-corrected chi connectivity index (χ2v) is 16.3. The molecule has 0 spiro atoms. The van der Waals surface area contributed by atoms with Gasteiger partial charge in [-0.15, -0.1) is 13.2 Å². The second kappa shape index (κ2) is 15.7. The van der Waals surface area contributed by atoms with Gasteiger partial charge in [-0.3, -0.25) is 24.0 Å². The number of rotatable bonds is 16. The number of carbonyl (C=O) groups is 4. The highest BCUT2D eigenvalue weighted by Crippen LogP contribution is 2.45. The number of amides is 4. The first-order valence-electron chi connectivity index (χ1n) is 18.0. The molecule has 4 amide bonds. The standard InChI is InChI=1S/C38H45F2N5O7S/c1-3-5-6-7-8-12-32(41-27-15-13-26(39)14-16-27)35(47)45-22-28(52-37(49)44-21-24-10-9-11-31(40)30(24)23-44)19-33(45)34(46)42-38(20-25(38)4-2)36(48)43-53(50,51)29-17-18-29/h3-4,9-11,13-16,25,28-29,32-33,41H,1-2,5-8,12,17-23H2,(H,42,46)(H,43,48)/t25-,28?,32?,33?,38-/m1/s1. The second-order valence-electron chi connectivity index (χ2n) is 14.3. The van der Waals surface area contributed by atoms with Gasteiger partial charge in [0.15, 0.2) is 0 Å². The summed E-state index contributed by atoms with van der Waals surface area (Å²) in [6, 6.07) is 8.08. The lowest BCUT2D eigenvalue weighted by Crippen LogP contribution is -2.57. The van der Waals surface area contributed by atoms with Crippen LogP contribution < -0.4 is 15.4 Å². The Morgan fingerprint density at radius 1 is 1.02 bits per heavy atom. The molecule has 2 aromatic rings. The lowest BCUT2D eigenvalue weighted by atomic mass is 10.0. The average molecular weight is 754 g/mol. The molecule has 0 aromatic heterocycles. The van der Waals surface area contributed by atoms with Crippen molar-refractivity contribution < 1.29 is 41.1 Å². The van der Waals surface area contributed by atoms with Gasteiger partial charge >= 0.3 is 6.09 Å². The summed E-state index contributed by atoms with van der Waals surface area (Å²) >= 11 is 0. The van der Waals surface area contributed by atoms with Crippen molar-refractivity contribution in [2.45, 2.75) is 99.9 Å². The zero-order valence-corrected chi connectivity index (χ0v) is 30.2. The number of hydrogen-bond donors (Lipinski definition) is 3. The smallest absolute Gasteiger partial charge is 0.410 e. The van der Waals surface area contributed by atoms with Gasteiger partial charge in [0.25, 0.3) is 5.91 Å². The SMILES string of the molecule is C=CCCCCCC(Nc1ccc(F)cc1)C(=O)N1CC(OC(=O)N2Cc3cccc(F)c3C2)CC1C(=O)N[C@]1(C(=O)NS(=O)(=O)C2CC2)C[C@H]1C=C. The fourth-order valence-electron chi connectivity index (χ4n) is 7.14. The Hall–Kier alpha value is -4.79. The van der Waals surface area contributed by atoms with Crippen LogP contribution in [0.3, 0.4) is 0 Å². The molecular formula is C38H45F2N5O7S. The van der Waals surface area contributed by atoms with Gasteiger partial charge < -0.3 is 20.3 Å². The Balaban J connectivity index is 1.23. The number of carbonyl (C=O) groups excluding carboxylic acids is 4. The van der Waals surface area contributed by atoms with Crippen LogP contribution in [-0.4, -0.2) is 77.6 Å². The molecule has 2 aliphatic heterocycles. The van der Waals surface area contributed by atoms with Crippen molar-refractivity contribution in [3.05, 3.63) is 90.5 Å². The highest BCUT2D eigenvalue weighted by molar-refractivity contribution is 7.91. The first kappa shape index (κ1) is 38.0. The summed E-state index contributed by atoms with van der Waals surface area (Å²) in [7, 11) is -3.92. The number of fused-ring (bicyclic) bond motifs is 1. The lowest BCUT2D eigenvalue weighted by Gasteiger charge is -2.30. The number of benzene rings is 2. The predicted octanol–water partition coefficient (Wildman–Crippen LogP) is 4.67. The van der Waals surface area contributed by atoms with Gasteiger partial charge in [-0.1, -0.05) is 37.1 Å². The largest absolute Gasteiger partial charge is 0.444 e. The van der Waals surface area contributed by atoms with E-state index in [4.69, 9.17) is 4.74 Å². The number of halogens is 2. The third-order valence-electron chi connectivity index (χ3n) is 10.4. The molecule has 1 saturated heterocycles. The summed E-state index contributed by atoms with van der Waals surface area (Å²) in [6.07, 6.45) is 5.96. The lowest BCUT2D eigenvalue weighted by molar-refractivity contribution is -0.140. The third kappa shape index (κ3) is 8.55. The van der Waals surface area contributed by atoms with Crippen molar-refractivity contribution in [1.82, 2.24) is 19.8 Å². The summed E-state index contributed by atoms with van der Waals surface area (Å²) in [5.74, 6) is -3.51. The van der Waals surface area contributed by atoms with Gasteiger partial charge in [0.05, 0.1) is 18.3 Å². The van der Waals surface area contributed by atoms with E-state index in [9.17, 15) is 36.4 Å². The molecule has 2 saturated carbocycles. The Kier molecular flexibility index (Phi) is 11.2. The summed E-state index contributed by atoms with van der Waals surface area (Å²) < 4.78 is 61.5. The maximum Gasteiger partial charge on any atom is 0.410 e. The Morgan fingerprint density at radius 3 is 2.43 bits per heavy atom. The van der Waals surface area contributed by atoms with Crippen molar-refractivity contribution in [2.24, 2.45) is 5.92 Å². The van der Waals surface area contributed by atoms with Gasteiger partial charge in [0.1, 0.15) is 35.4 Å². The number of likely N-dealkylation sites (tertiary alicyclic amines) is 1. The van der Waals surface area contributed by atoms with E-state index in [1.165, 1.54) is 46.2 Å². The molecule has 5 atom stereocenters. The van der Waals surface area contributed by atoms with Crippen LogP contribution in [0, 0.1) is 17.6 Å². The average Bonchev–Trinajstić information content (AvgIpc) is 4.02. The molecule has 3 unspecified atom stereocenters. The number of anilines is 1. The Morgan fingerprint density at radius 2 is 1.77 bits per heavy atom. The van der Waals surface area contributed by atoms with Gasteiger partial charge in [-0.2, -0.15) is 0 Å². The van der Waals surface area contributed by atoms with Crippen LogP contribution >= 0.6 is 0 Å². The van der Waals surface area contributed by atoms with Crippen LogP contribution in [0.5, 0.6) is 0 Å². The number of hydrogen-bond acceptors (Lipinski definition) is 8. The fourth-order valence-corrected chi connectivity index (χ4v) is 8.50. The van der Waals surface area contributed by atoms with E-state index >= 15 is 0 Å². The maximum absolute atomic E-state index is 14.5.